The number of hydrogen-bond donors (Lipinski definition) is 2. The first-order valence-corrected chi connectivity index (χ1v) is 12.0. The van der Waals surface area contributed by atoms with Crippen molar-refractivity contribution in [2.24, 2.45) is 0 Å². The third-order valence-corrected chi connectivity index (χ3v) is 6.14. The molecule has 0 radical (unpaired) electrons. The highest BCUT2D eigenvalue weighted by Gasteiger charge is 2.39. The van der Waals surface area contributed by atoms with Gasteiger partial charge in [-0.2, -0.15) is 0 Å². The van der Waals surface area contributed by atoms with E-state index in [1.165, 1.54) is 30.3 Å². The second kappa shape index (κ2) is 11.0. The molecule has 3 aromatic carbocycles. The van der Waals surface area contributed by atoms with Crippen molar-refractivity contribution in [1.82, 2.24) is 0 Å². The quantitative estimate of drug-likeness (QED) is 0.278. The zero-order valence-electron chi connectivity index (χ0n) is 19.2. The molecule has 1 aliphatic rings. The first-order chi connectivity index (χ1) is 17.7. The predicted molar refractivity (Wildman–Crippen MR) is 142 cm³/mol. The molecule has 0 saturated heterocycles. The summed E-state index contributed by atoms with van der Waals surface area (Å²) in [5.41, 5.74) is 1.65. The van der Waals surface area contributed by atoms with Crippen molar-refractivity contribution in [2.75, 3.05) is 22.1 Å². The molecule has 0 aliphatic carbocycles. The van der Waals surface area contributed by atoms with Crippen LogP contribution in [-0.2, 0) is 14.3 Å². The molecule has 0 fully saturated rings. The number of anilines is 3. The van der Waals surface area contributed by atoms with Gasteiger partial charge < -0.3 is 15.4 Å². The molecule has 0 aromatic heterocycles. The highest BCUT2D eigenvalue weighted by Crippen LogP contribution is 2.35. The predicted octanol–water partition coefficient (Wildman–Crippen LogP) is 5.86. The monoisotopic (exact) mass is 557 g/mol. The molecule has 0 unspecified atom stereocenters. The number of hydrogen-bond acceptors (Lipinski definition) is 6. The molecule has 0 bridgehead atoms. The zero-order valence-corrected chi connectivity index (χ0v) is 21.4. The van der Waals surface area contributed by atoms with Gasteiger partial charge in [0.05, 0.1) is 22.9 Å². The molecule has 0 atom stereocenters. The maximum atomic E-state index is 13.0. The lowest BCUT2D eigenvalue weighted by Crippen LogP contribution is -2.32. The number of nitrogens with zero attached hydrogens (tertiary/aromatic N) is 1. The Morgan fingerprint density at radius 1 is 0.838 bits per heavy atom. The summed E-state index contributed by atoms with van der Waals surface area (Å²) in [6.07, 6.45) is 0. The van der Waals surface area contributed by atoms with Crippen LogP contribution in [0.25, 0.3) is 0 Å². The van der Waals surface area contributed by atoms with E-state index in [0.717, 1.165) is 4.90 Å². The molecule has 1 aliphatic heterocycles. The molecule has 1 heterocycles. The topological polar surface area (TPSA) is 105 Å². The number of nitrogens with one attached hydrogen (secondary N) is 2. The molecule has 3 aromatic rings. The third kappa shape index (κ3) is 5.61. The standard InChI is InChI=1S/C26H18Cl3N3O5/c1-2-37-26(36)15-5-10-18(11-6-15)31-23(33)14-3-8-17(9-4-14)30-22-21(29)24(34)32(25(22)35)20-12-7-16(27)13-19(20)28/h3-13,30H,2H2,1H3,(H,31,33). The number of esters is 1. The molecule has 3 amide bonds. The molecule has 4 rings (SSSR count). The normalized spacial score (nSPS) is 13.1. The van der Waals surface area contributed by atoms with Crippen molar-refractivity contribution in [3.63, 3.8) is 0 Å². The van der Waals surface area contributed by atoms with Crippen molar-refractivity contribution in [1.29, 1.82) is 0 Å². The molecule has 11 heteroatoms. The summed E-state index contributed by atoms with van der Waals surface area (Å²) in [5, 5.41) is 5.73. The number of carbonyl (C=O) groups excluding carboxylic acids is 4. The van der Waals surface area contributed by atoms with Gasteiger partial charge in [-0.3, -0.25) is 14.4 Å². The molecule has 2 N–H and O–H groups in total. The number of halogens is 3. The Hall–Kier alpha value is -3.85. The summed E-state index contributed by atoms with van der Waals surface area (Å²) in [4.78, 5) is 50.9. The van der Waals surface area contributed by atoms with Crippen LogP contribution in [-0.4, -0.2) is 30.3 Å². The number of rotatable bonds is 7. The summed E-state index contributed by atoms with van der Waals surface area (Å²) in [6.45, 7) is 1.99. The summed E-state index contributed by atoms with van der Waals surface area (Å²) >= 11 is 18.2. The molecule has 37 heavy (non-hydrogen) atoms. The maximum Gasteiger partial charge on any atom is 0.338 e. The van der Waals surface area contributed by atoms with E-state index in [9.17, 15) is 19.2 Å². The average molecular weight is 559 g/mol. The number of carbonyl (C=O) groups is 4. The number of imide groups is 1. The Balaban J connectivity index is 1.43. The minimum atomic E-state index is -0.733. The first-order valence-electron chi connectivity index (χ1n) is 10.9. The zero-order chi connectivity index (χ0) is 26.7. The molecule has 0 spiro atoms. The second-order valence-corrected chi connectivity index (χ2v) is 8.91. The fourth-order valence-corrected chi connectivity index (χ4v) is 4.15. The summed E-state index contributed by atoms with van der Waals surface area (Å²) in [6, 6.07) is 16.9. The Kier molecular flexibility index (Phi) is 7.83. The summed E-state index contributed by atoms with van der Waals surface area (Å²) in [5.74, 6) is -2.25. The smallest absolute Gasteiger partial charge is 0.338 e. The van der Waals surface area contributed by atoms with Gasteiger partial charge in [0.1, 0.15) is 10.7 Å². The van der Waals surface area contributed by atoms with Gasteiger partial charge in [-0.1, -0.05) is 34.8 Å². The van der Waals surface area contributed by atoms with E-state index in [0.29, 0.717) is 27.5 Å². The highest BCUT2D eigenvalue weighted by molar-refractivity contribution is 6.54. The molecule has 188 valence electrons. The molecule has 8 nitrogen and oxygen atoms in total. The number of benzene rings is 3. The van der Waals surface area contributed by atoms with E-state index in [1.807, 2.05) is 0 Å². The third-order valence-electron chi connectivity index (χ3n) is 5.25. The SMILES string of the molecule is CCOC(=O)c1ccc(NC(=O)c2ccc(NC3=C(Cl)C(=O)N(c4ccc(Cl)cc4Cl)C3=O)cc2)cc1. The van der Waals surface area contributed by atoms with Crippen LogP contribution >= 0.6 is 34.8 Å². The summed E-state index contributed by atoms with van der Waals surface area (Å²) < 4.78 is 4.94. The fourth-order valence-electron chi connectivity index (χ4n) is 3.45. The van der Waals surface area contributed by atoms with Crippen LogP contribution in [0.3, 0.4) is 0 Å². The van der Waals surface area contributed by atoms with Gasteiger partial charge >= 0.3 is 5.97 Å². The summed E-state index contributed by atoms with van der Waals surface area (Å²) in [7, 11) is 0. The average Bonchev–Trinajstić information content (AvgIpc) is 3.08. The van der Waals surface area contributed by atoms with E-state index in [1.54, 1.807) is 43.3 Å². The molecule has 0 saturated carbocycles. The van der Waals surface area contributed by atoms with E-state index < -0.39 is 17.8 Å². The van der Waals surface area contributed by atoms with Gasteiger partial charge in [0.15, 0.2) is 0 Å². The van der Waals surface area contributed by atoms with Gasteiger partial charge in [0.2, 0.25) is 0 Å². The Morgan fingerprint density at radius 3 is 2.08 bits per heavy atom. The van der Waals surface area contributed by atoms with Crippen LogP contribution < -0.4 is 15.5 Å². The number of amides is 3. The van der Waals surface area contributed by atoms with Crippen LogP contribution in [0, 0.1) is 0 Å². The fraction of sp³-hybridized carbons (Fsp3) is 0.0769. The highest BCUT2D eigenvalue weighted by atomic mass is 35.5. The van der Waals surface area contributed by atoms with Crippen molar-refractivity contribution in [2.45, 2.75) is 6.92 Å². The minimum Gasteiger partial charge on any atom is -0.462 e. The molecular weight excluding hydrogens is 541 g/mol. The lowest BCUT2D eigenvalue weighted by atomic mass is 10.1. The van der Waals surface area contributed by atoms with Crippen LogP contribution in [0.1, 0.15) is 27.6 Å². The maximum absolute atomic E-state index is 13.0. The van der Waals surface area contributed by atoms with Gasteiger partial charge in [-0.25, -0.2) is 9.69 Å². The van der Waals surface area contributed by atoms with E-state index in [2.05, 4.69) is 10.6 Å². The van der Waals surface area contributed by atoms with Crippen molar-refractivity contribution in [3.8, 4) is 0 Å². The lowest BCUT2D eigenvalue weighted by molar-refractivity contribution is -0.120. The van der Waals surface area contributed by atoms with Gasteiger partial charge in [-0.15, -0.1) is 0 Å². The Morgan fingerprint density at radius 2 is 1.46 bits per heavy atom. The Bertz CT molecular complexity index is 1440. The van der Waals surface area contributed by atoms with E-state index in [-0.39, 0.29) is 34.0 Å². The largest absolute Gasteiger partial charge is 0.462 e. The second-order valence-electron chi connectivity index (χ2n) is 7.68. The van der Waals surface area contributed by atoms with Gasteiger partial charge in [0.25, 0.3) is 17.7 Å². The van der Waals surface area contributed by atoms with Crippen molar-refractivity contribution in [3.05, 3.63) is 98.6 Å². The minimum absolute atomic E-state index is 0.116. The first kappa shape index (κ1) is 26.2. The molecular formula is C26H18Cl3N3O5. The van der Waals surface area contributed by atoms with Crippen LogP contribution in [0.4, 0.5) is 17.1 Å². The lowest BCUT2D eigenvalue weighted by Gasteiger charge is -2.16. The van der Waals surface area contributed by atoms with E-state index in [4.69, 9.17) is 39.5 Å². The van der Waals surface area contributed by atoms with Gasteiger partial charge in [0, 0.05) is 22.0 Å². The Labute approximate surface area is 226 Å². The number of ether oxygens (including phenoxy) is 1. The van der Waals surface area contributed by atoms with Crippen LogP contribution in [0.5, 0.6) is 0 Å². The van der Waals surface area contributed by atoms with Gasteiger partial charge in [-0.05, 0) is 73.7 Å². The van der Waals surface area contributed by atoms with E-state index >= 15 is 0 Å². The van der Waals surface area contributed by atoms with Crippen molar-refractivity contribution >= 4 is 75.6 Å². The van der Waals surface area contributed by atoms with Crippen molar-refractivity contribution < 1.29 is 23.9 Å². The van der Waals surface area contributed by atoms with Crippen LogP contribution in [0.15, 0.2) is 77.5 Å². The van der Waals surface area contributed by atoms with Crippen LogP contribution in [0.2, 0.25) is 10.0 Å².